The van der Waals surface area contributed by atoms with Gasteiger partial charge < -0.3 is 4.74 Å². The Morgan fingerprint density at radius 3 is 2.88 bits per heavy atom. The average Bonchev–Trinajstić information content (AvgIpc) is 2.67. The van der Waals surface area contributed by atoms with Crippen LogP contribution in [0.4, 0.5) is 4.39 Å². The maximum atomic E-state index is 13.1. The Hall–Kier alpha value is -1.22. The number of carbonyl (C=O) groups excluding carboxylic acids is 1. The van der Waals surface area contributed by atoms with Crippen LogP contribution in [0.5, 0.6) is 0 Å². The van der Waals surface area contributed by atoms with Crippen LogP contribution in [0.15, 0.2) is 18.2 Å². The number of ether oxygens (including phenoxy) is 1. The maximum Gasteiger partial charge on any atom is 0.192 e. The first-order valence-corrected chi connectivity index (χ1v) is 5.51. The van der Waals surface area contributed by atoms with Gasteiger partial charge in [-0.25, -0.2) is 4.39 Å². The largest absolute Gasteiger partial charge is 0.370 e. The van der Waals surface area contributed by atoms with Crippen LogP contribution in [0.1, 0.15) is 29.3 Å². The molecule has 0 bridgehead atoms. The molecule has 0 N–H and O–H groups in total. The number of Topliss-reactive ketones (excluding diaryl/α,β-unsaturated/α-hetero) is 1. The SMILES string of the molecule is Cc1ccc(F)cc1C(=O)C1OCCC1C. The molecule has 0 aliphatic carbocycles. The average molecular weight is 222 g/mol. The summed E-state index contributed by atoms with van der Waals surface area (Å²) in [5.41, 5.74) is 1.24. The van der Waals surface area contributed by atoms with Crippen molar-refractivity contribution in [2.75, 3.05) is 6.61 Å². The Bertz CT molecular complexity index is 414. The van der Waals surface area contributed by atoms with Crippen LogP contribution in [-0.2, 0) is 4.74 Å². The van der Waals surface area contributed by atoms with Gasteiger partial charge in [-0.1, -0.05) is 13.0 Å². The summed E-state index contributed by atoms with van der Waals surface area (Å²) in [7, 11) is 0. The second-order valence-corrected chi connectivity index (χ2v) is 4.38. The molecule has 1 aliphatic rings. The van der Waals surface area contributed by atoms with Gasteiger partial charge in [-0.05, 0) is 37.0 Å². The summed E-state index contributed by atoms with van der Waals surface area (Å²) in [6.07, 6.45) is 0.491. The molecule has 1 heterocycles. The number of aryl methyl sites for hydroxylation is 1. The van der Waals surface area contributed by atoms with Crippen LogP contribution >= 0.6 is 0 Å². The van der Waals surface area contributed by atoms with Gasteiger partial charge in [0, 0.05) is 12.2 Å². The Balaban J connectivity index is 2.29. The van der Waals surface area contributed by atoms with E-state index in [1.54, 1.807) is 6.07 Å². The fourth-order valence-corrected chi connectivity index (χ4v) is 2.04. The zero-order valence-corrected chi connectivity index (χ0v) is 9.50. The number of halogens is 1. The fourth-order valence-electron chi connectivity index (χ4n) is 2.04. The van der Waals surface area contributed by atoms with Crippen LogP contribution in [0.2, 0.25) is 0 Å². The van der Waals surface area contributed by atoms with Crippen molar-refractivity contribution in [1.29, 1.82) is 0 Å². The Morgan fingerprint density at radius 1 is 1.50 bits per heavy atom. The lowest BCUT2D eigenvalue weighted by molar-refractivity contribution is 0.0578. The summed E-state index contributed by atoms with van der Waals surface area (Å²) < 4.78 is 18.5. The standard InChI is InChI=1S/C13H15FO2/c1-8-3-4-10(14)7-11(8)12(15)13-9(2)5-6-16-13/h3-4,7,9,13H,5-6H2,1-2H3. The zero-order chi connectivity index (χ0) is 11.7. The number of hydrogen-bond donors (Lipinski definition) is 0. The summed E-state index contributed by atoms with van der Waals surface area (Å²) in [5.74, 6) is -0.253. The summed E-state index contributed by atoms with van der Waals surface area (Å²) in [6.45, 7) is 4.42. The van der Waals surface area contributed by atoms with E-state index < -0.39 is 6.10 Å². The molecule has 16 heavy (non-hydrogen) atoms. The van der Waals surface area contributed by atoms with Gasteiger partial charge in [0.15, 0.2) is 5.78 Å². The molecule has 86 valence electrons. The van der Waals surface area contributed by atoms with Crippen molar-refractivity contribution in [2.24, 2.45) is 5.92 Å². The van der Waals surface area contributed by atoms with Crippen molar-refractivity contribution in [3.05, 3.63) is 35.1 Å². The van der Waals surface area contributed by atoms with E-state index in [1.165, 1.54) is 12.1 Å². The lowest BCUT2D eigenvalue weighted by atomic mass is 9.94. The molecule has 2 nitrogen and oxygen atoms in total. The summed E-state index contributed by atoms with van der Waals surface area (Å²) in [6, 6.07) is 4.29. The number of carbonyl (C=O) groups is 1. The number of benzene rings is 1. The van der Waals surface area contributed by atoms with Crippen LogP contribution in [0, 0.1) is 18.7 Å². The fraction of sp³-hybridized carbons (Fsp3) is 0.462. The lowest BCUT2D eigenvalue weighted by Crippen LogP contribution is -2.26. The number of rotatable bonds is 2. The highest BCUT2D eigenvalue weighted by atomic mass is 19.1. The second-order valence-electron chi connectivity index (χ2n) is 4.38. The Labute approximate surface area is 94.4 Å². The van der Waals surface area contributed by atoms with Crippen molar-refractivity contribution in [3.63, 3.8) is 0 Å². The molecule has 1 aromatic rings. The van der Waals surface area contributed by atoms with E-state index in [0.717, 1.165) is 12.0 Å². The molecule has 2 rings (SSSR count). The normalized spacial score (nSPS) is 24.7. The minimum Gasteiger partial charge on any atom is -0.370 e. The molecule has 2 unspecified atom stereocenters. The number of hydrogen-bond acceptors (Lipinski definition) is 2. The predicted molar refractivity (Wildman–Crippen MR) is 59.0 cm³/mol. The Kier molecular flexibility index (Phi) is 3.06. The molecule has 1 fully saturated rings. The molecule has 0 spiro atoms. The first kappa shape index (κ1) is 11.3. The molecule has 0 amide bonds. The third-order valence-electron chi connectivity index (χ3n) is 3.11. The molecule has 0 aromatic heterocycles. The first-order chi connectivity index (χ1) is 7.59. The van der Waals surface area contributed by atoms with Crippen molar-refractivity contribution >= 4 is 5.78 Å². The minimum atomic E-state index is -0.402. The van der Waals surface area contributed by atoms with E-state index in [4.69, 9.17) is 4.74 Å². The monoisotopic (exact) mass is 222 g/mol. The van der Waals surface area contributed by atoms with Gasteiger partial charge in [-0.3, -0.25) is 4.79 Å². The minimum absolute atomic E-state index is 0.0954. The molecule has 1 aliphatic heterocycles. The van der Waals surface area contributed by atoms with Gasteiger partial charge in [0.05, 0.1) is 0 Å². The summed E-state index contributed by atoms with van der Waals surface area (Å²) in [4.78, 5) is 12.1. The number of ketones is 1. The molecule has 1 saturated heterocycles. The smallest absolute Gasteiger partial charge is 0.192 e. The molecule has 3 heteroatoms. The third kappa shape index (κ3) is 2.00. The van der Waals surface area contributed by atoms with Crippen LogP contribution in [0.25, 0.3) is 0 Å². The zero-order valence-electron chi connectivity index (χ0n) is 9.50. The summed E-state index contributed by atoms with van der Waals surface area (Å²) >= 11 is 0. The van der Waals surface area contributed by atoms with Gasteiger partial charge >= 0.3 is 0 Å². The van der Waals surface area contributed by atoms with E-state index in [-0.39, 0.29) is 17.5 Å². The van der Waals surface area contributed by atoms with E-state index >= 15 is 0 Å². The molecule has 0 saturated carbocycles. The van der Waals surface area contributed by atoms with Gasteiger partial charge in [0.1, 0.15) is 11.9 Å². The van der Waals surface area contributed by atoms with E-state index in [0.29, 0.717) is 12.2 Å². The van der Waals surface area contributed by atoms with Gasteiger partial charge in [-0.15, -0.1) is 0 Å². The van der Waals surface area contributed by atoms with E-state index in [2.05, 4.69) is 0 Å². The van der Waals surface area contributed by atoms with Crippen molar-refractivity contribution in [1.82, 2.24) is 0 Å². The third-order valence-corrected chi connectivity index (χ3v) is 3.11. The van der Waals surface area contributed by atoms with Crippen LogP contribution in [-0.4, -0.2) is 18.5 Å². The van der Waals surface area contributed by atoms with E-state index in [1.807, 2.05) is 13.8 Å². The van der Waals surface area contributed by atoms with Crippen LogP contribution in [0.3, 0.4) is 0 Å². The first-order valence-electron chi connectivity index (χ1n) is 5.51. The van der Waals surface area contributed by atoms with Crippen molar-refractivity contribution < 1.29 is 13.9 Å². The van der Waals surface area contributed by atoms with Crippen molar-refractivity contribution in [2.45, 2.75) is 26.4 Å². The highest BCUT2D eigenvalue weighted by Gasteiger charge is 2.32. The molecular formula is C13H15FO2. The predicted octanol–water partition coefficient (Wildman–Crippen LogP) is 2.74. The molecule has 0 radical (unpaired) electrons. The van der Waals surface area contributed by atoms with E-state index in [9.17, 15) is 9.18 Å². The summed E-state index contributed by atoms with van der Waals surface area (Å²) in [5, 5.41) is 0. The lowest BCUT2D eigenvalue weighted by Gasteiger charge is -2.14. The van der Waals surface area contributed by atoms with Gasteiger partial charge in [-0.2, -0.15) is 0 Å². The Morgan fingerprint density at radius 2 is 2.25 bits per heavy atom. The van der Waals surface area contributed by atoms with Crippen molar-refractivity contribution in [3.8, 4) is 0 Å². The second kappa shape index (κ2) is 4.34. The molecular weight excluding hydrogens is 207 g/mol. The molecule has 1 aromatic carbocycles. The topological polar surface area (TPSA) is 26.3 Å². The quantitative estimate of drug-likeness (QED) is 0.719. The highest BCUT2D eigenvalue weighted by molar-refractivity contribution is 6.01. The highest BCUT2D eigenvalue weighted by Crippen LogP contribution is 2.25. The molecule has 2 atom stereocenters. The van der Waals surface area contributed by atoms with Gasteiger partial charge in [0.2, 0.25) is 0 Å². The van der Waals surface area contributed by atoms with Crippen LogP contribution < -0.4 is 0 Å². The maximum absolute atomic E-state index is 13.1. The van der Waals surface area contributed by atoms with Gasteiger partial charge in [0.25, 0.3) is 0 Å².